The molecule has 2 aromatic carbocycles. The Morgan fingerprint density at radius 3 is 2.52 bits per heavy atom. The standard InChI is InChI=1S/C24H26ClN3O2S/c1-15-2-4-16(5-3-15)13-26-22(29)18-8-11-20-21(12-18)27-24(31)28(23(20)30)14-17-6-9-19(25)10-7-17/h2-7,9-10,18,20-21H,8,11-14H2,1H3,(H,26,29)(H,27,31). The molecule has 1 saturated heterocycles. The monoisotopic (exact) mass is 455 g/mol. The lowest BCUT2D eigenvalue weighted by atomic mass is 9.76. The maximum atomic E-state index is 13.1. The number of carbonyl (C=O) groups is 2. The summed E-state index contributed by atoms with van der Waals surface area (Å²) in [6.07, 6.45) is 2.00. The number of amides is 2. The van der Waals surface area contributed by atoms with E-state index in [1.54, 1.807) is 4.90 Å². The van der Waals surface area contributed by atoms with Gasteiger partial charge in [-0.25, -0.2) is 0 Å². The summed E-state index contributed by atoms with van der Waals surface area (Å²) in [5.41, 5.74) is 3.25. The molecule has 7 heteroatoms. The van der Waals surface area contributed by atoms with Gasteiger partial charge in [0.25, 0.3) is 0 Å². The first-order valence-corrected chi connectivity index (χ1v) is 11.4. The van der Waals surface area contributed by atoms with Crippen molar-refractivity contribution in [1.29, 1.82) is 0 Å². The van der Waals surface area contributed by atoms with Gasteiger partial charge in [0.05, 0.1) is 12.5 Å². The molecule has 162 valence electrons. The van der Waals surface area contributed by atoms with Crippen molar-refractivity contribution >= 4 is 40.7 Å². The van der Waals surface area contributed by atoms with Gasteiger partial charge in [-0.3, -0.25) is 14.5 Å². The number of carbonyl (C=O) groups excluding carboxylic acids is 2. The summed E-state index contributed by atoms with van der Waals surface area (Å²) >= 11 is 11.4. The third-order valence-corrected chi connectivity index (χ3v) is 6.79. The van der Waals surface area contributed by atoms with Crippen LogP contribution < -0.4 is 10.6 Å². The van der Waals surface area contributed by atoms with Crippen molar-refractivity contribution < 1.29 is 9.59 Å². The first-order chi connectivity index (χ1) is 14.9. The molecule has 0 aromatic heterocycles. The van der Waals surface area contributed by atoms with Crippen LogP contribution in [0.1, 0.15) is 36.0 Å². The summed E-state index contributed by atoms with van der Waals surface area (Å²) in [4.78, 5) is 27.5. The molecule has 5 nitrogen and oxygen atoms in total. The molecule has 2 fully saturated rings. The topological polar surface area (TPSA) is 61.4 Å². The minimum absolute atomic E-state index is 0.0437. The van der Waals surface area contributed by atoms with Gasteiger partial charge in [0.2, 0.25) is 11.8 Å². The van der Waals surface area contributed by atoms with Gasteiger partial charge < -0.3 is 10.6 Å². The highest BCUT2D eigenvalue weighted by atomic mass is 35.5. The minimum Gasteiger partial charge on any atom is -0.359 e. The summed E-state index contributed by atoms with van der Waals surface area (Å²) < 4.78 is 0. The van der Waals surface area contributed by atoms with Crippen LogP contribution in [0.25, 0.3) is 0 Å². The summed E-state index contributed by atoms with van der Waals surface area (Å²) in [7, 11) is 0. The number of halogens is 1. The third-order valence-electron chi connectivity index (χ3n) is 6.20. The summed E-state index contributed by atoms with van der Waals surface area (Å²) in [5.74, 6) is -0.178. The van der Waals surface area contributed by atoms with E-state index in [1.807, 2.05) is 55.5 Å². The quantitative estimate of drug-likeness (QED) is 0.670. The second-order valence-electron chi connectivity index (χ2n) is 8.43. The van der Waals surface area contributed by atoms with Crippen LogP contribution in [0.2, 0.25) is 5.02 Å². The third kappa shape index (κ3) is 5.08. The predicted molar refractivity (Wildman–Crippen MR) is 125 cm³/mol. The number of hydrogen-bond acceptors (Lipinski definition) is 3. The largest absolute Gasteiger partial charge is 0.359 e. The summed E-state index contributed by atoms with van der Waals surface area (Å²) in [6, 6.07) is 15.5. The van der Waals surface area contributed by atoms with E-state index in [1.165, 1.54) is 5.56 Å². The van der Waals surface area contributed by atoms with Crippen LogP contribution in [0.4, 0.5) is 0 Å². The van der Waals surface area contributed by atoms with Gasteiger partial charge in [0.15, 0.2) is 5.11 Å². The zero-order valence-corrected chi connectivity index (χ0v) is 19.0. The molecule has 3 unspecified atom stereocenters. The molecule has 2 aliphatic rings. The number of aryl methyl sites for hydroxylation is 1. The SMILES string of the molecule is Cc1ccc(CNC(=O)C2CCC3C(=O)N(Cc4ccc(Cl)cc4)C(=S)NC3C2)cc1. The number of hydrogen-bond donors (Lipinski definition) is 2. The van der Waals surface area contributed by atoms with Gasteiger partial charge >= 0.3 is 0 Å². The highest BCUT2D eigenvalue weighted by molar-refractivity contribution is 7.80. The molecular formula is C24H26ClN3O2S. The predicted octanol–water partition coefficient (Wildman–Crippen LogP) is 3.97. The first kappa shape index (κ1) is 21.8. The van der Waals surface area contributed by atoms with E-state index in [-0.39, 0.29) is 29.7 Å². The summed E-state index contributed by atoms with van der Waals surface area (Å²) in [5, 5.41) is 7.47. The Labute approximate surface area is 193 Å². The van der Waals surface area contributed by atoms with Crippen LogP contribution in [-0.2, 0) is 22.7 Å². The highest BCUT2D eigenvalue weighted by Crippen LogP contribution is 2.33. The molecule has 31 heavy (non-hydrogen) atoms. The number of nitrogens with one attached hydrogen (secondary N) is 2. The Balaban J connectivity index is 1.34. The number of benzene rings is 2. The van der Waals surface area contributed by atoms with Crippen LogP contribution in [-0.4, -0.2) is 27.9 Å². The fraction of sp³-hybridized carbons (Fsp3) is 0.375. The number of fused-ring (bicyclic) bond motifs is 1. The molecule has 1 saturated carbocycles. The van der Waals surface area contributed by atoms with Gasteiger partial charge in [-0.2, -0.15) is 0 Å². The second kappa shape index (κ2) is 9.37. The first-order valence-electron chi connectivity index (χ1n) is 10.6. The smallest absolute Gasteiger partial charge is 0.234 e. The molecule has 2 N–H and O–H groups in total. The Bertz CT molecular complexity index is 977. The van der Waals surface area contributed by atoms with E-state index in [4.69, 9.17) is 23.8 Å². The molecular weight excluding hydrogens is 430 g/mol. The summed E-state index contributed by atoms with van der Waals surface area (Å²) in [6.45, 7) is 2.98. The Hall–Kier alpha value is -2.44. The maximum Gasteiger partial charge on any atom is 0.234 e. The zero-order valence-electron chi connectivity index (χ0n) is 17.4. The molecule has 1 aliphatic heterocycles. The highest BCUT2D eigenvalue weighted by Gasteiger charge is 2.44. The van der Waals surface area contributed by atoms with E-state index in [0.717, 1.165) is 11.1 Å². The van der Waals surface area contributed by atoms with E-state index in [0.29, 0.717) is 42.5 Å². The van der Waals surface area contributed by atoms with Crippen molar-refractivity contribution in [3.8, 4) is 0 Å². The van der Waals surface area contributed by atoms with Crippen LogP contribution in [0.5, 0.6) is 0 Å². The molecule has 1 heterocycles. The average molecular weight is 456 g/mol. The maximum absolute atomic E-state index is 13.1. The van der Waals surface area contributed by atoms with E-state index in [2.05, 4.69) is 10.6 Å². The second-order valence-corrected chi connectivity index (χ2v) is 9.25. The molecule has 4 rings (SSSR count). The molecule has 2 amide bonds. The van der Waals surface area contributed by atoms with E-state index < -0.39 is 0 Å². The van der Waals surface area contributed by atoms with Crippen LogP contribution >= 0.6 is 23.8 Å². The van der Waals surface area contributed by atoms with Crippen molar-refractivity contribution in [2.75, 3.05) is 0 Å². The fourth-order valence-corrected chi connectivity index (χ4v) is 4.79. The van der Waals surface area contributed by atoms with Gasteiger partial charge in [-0.1, -0.05) is 53.6 Å². The average Bonchev–Trinajstić information content (AvgIpc) is 2.77. The van der Waals surface area contributed by atoms with Crippen molar-refractivity contribution in [3.05, 3.63) is 70.2 Å². The van der Waals surface area contributed by atoms with Crippen molar-refractivity contribution in [3.63, 3.8) is 0 Å². The number of thiocarbonyl (C=S) groups is 1. The molecule has 3 atom stereocenters. The number of rotatable bonds is 5. The van der Waals surface area contributed by atoms with E-state index >= 15 is 0 Å². The lowest BCUT2D eigenvalue weighted by Gasteiger charge is -2.43. The lowest BCUT2D eigenvalue weighted by molar-refractivity contribution is -0.138. The zero-order chi connectivity index (χ0) is 22.0. The Kier molecular flexibility index (Phi) is 6.58. The Morgan fingerprint density at radius 2 is 1.81 bits per heavy atom. The van der Waals surface area contributed by atoms with Crippen molar-refractivity contribution in [2.45, 2.75) is 45.3 Å². The van der Waals surface area contributed by atoms with Crippen molar-refractivity contribution in [2.24, 2.45) is 11.8 Å². The van der Waals surface area contributed by atoms with Crippen LogP contribution in [0.3, 0.4) is 0 Å². The molecule has 0 bridgehead atoms. The van der Waals surface area contributed by atoms with Gasteiger partial charge in [0.1, 0.15) is 0 Å². The molecule has 0 spiro atoms. The van der Waals surface area contributed by atoms with Gasteiger partial charge in [-0.05, 0) is 61.7 Å². The Morgan fingerprint density at radius 1 is 1.13 bits per heavy atom. The van der Waals surface area contributed by atoms with Crippen molar-refractivity contribution in [1.82, 2.24) is 15.5 Å². The number of nitrogens with zero attached hydrogens (tertiary/aromatic N) is 1. The molecule has 1 aliphatic carbocycles. The van der Waals surface area contributed by atoms with Crippen LogP contribution in [0.15, 0.2) is 48.5 Å². The lowest BCUT2D eigenvalue weighted by Crippen LogP contribution is -2.61. The molecule has 2 aromatic rings. The fourth-order valence-electron chi connectivity index (χ4n) is 4.36. The van der Waals surface area contributed by atoms with Crippen LogP contribution in [0, 0.1) is 18.8 Å². The molecule has 0 radical (unpaired) electrons. The van der Waals surface area contributed by atoms with E-state index in [9.17, 15) is 9.59 Å². The minimum atomic E-state index is -0.153. The van der Waals surface area contributed by atoms with Gasteiger partial charge in [0, 0.05) is 23.5 Å². The van der Waals surface area contributed by atoms with Gasteiger partial charge in [-0.15, -0.1) is 0 Å². The normalized spacial score (nSPS) is 23.2.